The molecule has 2 rings (SSSR count). The van der Waals surface area contributed by atoms with Crippen molar-refractivity contribution in [2.45, 2.75) is 52.5 Å². The average Bonchev–Trinajstić information content (AvgIpc) is 3.21. The first kappa shape index (κ1) is 25.9. The van der Waals surface area contributed by atoms with Gasteiger partial charge in [-0.25, -0.2) is 0 Å². The largest absolute Gasteiger partial charge is 0.379 e. The summed E-state index contributed by atoms with van der Waals surface area (Å²) in [7, 11) is 1.88. The minimum absolute atomic E-state index is 0. The Hall–Kier alpha value is -0.120. The Morgan fingerprint density at radius 2 is 1.61 bits per heavy atom. The van der Waals surface area contributed by atoms with E-state index in [1.165, 1.54) is 45.3 Å². The number of guanidine groups is 1. The summed E-state index contributed by atoms with van der Waals surface area (Å²) in [5, 5.41) is 7.15. The third-order valence-electron chi connectivity index (χ3n) is 6.20. The van der Waals surface area contributed by atoms with E-state index in [1.54, 1.807) is 0 Å². The van der Waals surface area contributed by atoms with Crippen LogP contribution >= 0.6 is 24.0 Å². The van der Waals surface area contributed by atoms with E-state index in [1.807, 2.05) is 7.05 Å². The highest BCUT2D eigenvalue weighted by molar-refractivity contribution is 14.0. The molecule has 7 heteroatoms. The standard InChI is InChI=1S/C21H43N5O.HI/c1-5-19(6-2)20(26-11-13-27-14-12-26)16-24-21(22-4)23-15-18(3)17-25-9-7-8-10-25;/h18-20H,5-17H2,1-4H3,(H2,22,23,24);1H. The van der Waals surface area contributed by atoms with Crippen LogP contribution in [0, 0.1) is 11.8 Å². The van der Waals surface area contributed by atoms with Crippen LogP contribution in [-0.2, 0) is 4.74 Å². The van der Waals surface area contributed by atoms with Gasteiger partial charge in [0, 0.05) is 45.8 Å². The summed E-state index contributed by atoms with van der Waals surface area (Å²) in [5.41, 5.74) is 0. The summed E-state index contributed by atoms with van der Waals surface area (Å²) in [6.07, 6.45) is 5.17. The van der Waals surface area contributed by atoms with Crippen molar-refractivity contribution in [2.75, 3.05) is 66.1 Å². The highest BCUT2D eigenvalue weighted by atomic mass is 127. The molecule has 2 atom stereocenters. The first-order valence-corrected chi connectivity index (χ1v) is 11.2. The predicted octanol–water partition coefficient (Wildman–Crippen LogP) is 2.64. The van der Waals surface area contributed by atoms with Gasteiger partial charge in [-0.3, -0.25) is 9.89 Å². The molecule has 0 saturated carbocycles. The van der Waals surface area contributed by atoms with Gasteiger partial charge in [0.1, 0.15) is 0 Å². The van der Waals surface area contributed by atoms with Gasteiger partial charge in [0.05, 0.1) is 13.2 Å². The molecule has 2 fully saturated rings. The molecule has 0 radical (unpaired) electrons. The van der Waals surface area contributed by atoms with Crippen molar-refractivity contribution in [3.63, 3.8) is 0 Å². The fourth-order valence-corrected chi connectivity index (χ4v) is 4.50. The lowest BCUT2D eigenvalue weighted by Crippen LogP contribution is -2.53. The molecule has 6 nitrogen and oxygen atoms in total. The molecule has 2 N–H and O–H groups in total. The van der Waals surface area contributed by atoms with Gasteiger partial charge >= 0.3 is 0 Å². The van der Waals surface area contributed by atoms with Crippen LogP contribution in [0.25, 0.3) is 0 Å². The molecular weight excluding hydrogens is 465 g/mol. The molecule has 0 amide bonds. The zero-order valence-electron chi connectivity index (χ0n) is 18.6. The van der Waals surface area contributed by atoms with Crippen LogP contribution in [-0.4, -0.2) is 87.9 Å². The second-order valence-electron chi connectivity index (χ2n) is 8.24. The average molecular weight is 510 g/mol. The summed E-state index contributed by atoms with van der Waals surface area (Å²) in [5.74, 6) is 2.28. The van der Waals surface area contributed by atoms with E-state index in [0.29, 0.717) is 17.9 Å². The SMILES string of the molecule is CCC(CC)C(CNC(=NC)NCC(C)CN1CCCC1)N1CCOCC1.I. The van der Waals surface area contributed by atoms with E-state index >= 15 is 0 Å². The molecule has 0 aliphatic carbocycles. The first-order chi connectivity index (χ1) is 13.2. The third-order valence-corrected chi connectivity index (χ3v) is 6.20. The van der Waals surface area contributed by atoms with Crippen LogP contribution in [0.3, 0.4) is 0 Å². The third kappa shape index (κ3) is 8.71. The van der Waals surface area contributed by atoms with Crippen LogP contribution in [0.1, 0.15) is 46.5 Å². The predicted molar refractivity (Wildman–Crippen MR) is 130 cm³/mol. The molecule has 2 heterocycles. The van der Waals surface area contributed by atoms with Crippen molar-refractivity contribution in [1.82, 2.24) is 20.4 Å². The van der Waals surface area contributed by atoms with Gasteiger partial charge in [-0.1, -0.05) is 33.6 Å². The molecule has 0 aromatic heterocycles. The molecule has 0 bridgehead atoms. The highest BCUT2D eigenvalue weighted by Gasteiger charge is 2.27. The van der Waals surface area contributed by atoms with Gasteiger partial charge in [0.15, 0.2) is 5.96 Å². The minimum Gasteiger partial charge on any atom is -0.379 e. The minimum atomic E-state index is 0. The normalized spacial score (nSPS) is 21.4. The van der Waals surface area contributed by atoms with Crippen molar-refractivity contribution < 1.29 is 4.74 Å². The van der Waals surface area contributed by atoms with Gasteiger partial charge < -0.3 is 20.3 Å². The van der Waals surface area contributed by atoms with Crippen LogP contribution in [0.2, 0.25) is 0 Å². The van der Waals surface area contributed by atoms with Gasteiger partial charge in [-0.05, 0) is 37.8 Å². The lowest BCUT2D eigenvalue weighted by atomic mass is 9.92. The monoisotopic (exact) mass is 509 g/mol. The second kappa shape index (κ2) is 14.8. The molecular formula is C21H44IN5O. The number of nitrogens with zero attached hydrogens (tertiary/aromatic N) is 3. The smallest absolute Gasteiger partial charge is 0.191 e. The molecule has 0 aromatic rings. The summed E-state index contributed by atoms with van der Waals surface area (Å²) in [6, 6.07) is 0.546. The Morgan fingerprint density at radius 1 is 1.00 bits per heavy atom. The van der Waals surface area contributed by atoms with Gasteiger partial charge in [-0.15, -0.1) is 24.0 Å². The van der Waals surface area contributed by atoms with Gasteiger partial charge in [0.25, 0.3) is 0 Å². The lowest BCUT2D eigenvalue weighted by molar-refractivity contribution is 0.00272. The summed E-state index contributed by atoms with van der Waals surface area (Å²) in [6.45, 7) is 16.4. The summed E-state index contributed by atoms with van der Waals surface area (Å²) in [4.78, 5) is 9.65. The Bertz CT molecular complexity index is 421. The fraction of sp³-hybridized carbons (Fsp3) is 0.952. The Kier molecular flexibility index (Phi) is 13.7. The van der Waals surface area contributed by atoms with Crippen molar-refractivity contribution in [1.29, 1.82) is 0 Å². The molecule has 2 aliphatic heterocycles. The Balaban J connectivity index is 0.00000392. The zero-order valence-corrected chi connectivity index (χ0v) is 20.9. The second-order valence-corrected chi connectivity index (χ2v) is 8.24. The zero-order chi connectivity index (χ0) is 19.5. The number of hydrogen-bond donors (Lipinski definition) is 2. The van der Waals surface area contributed by atoms with Gasteiger partial charge in [0.2, 0.25) is 0 Å². The number of aliphatic imine (C=N–C) groups is 1. The maximum Gasteiger partial charge on any atom is 0.191 e. The summed E-state index contributed by atoms with van der Waals surface area (Å²) >= 11 is 0. The molecule has 28 heavy (non-hydrogen) atoms. The molecule has 0 aromatic carbocycles. The van der Waals surface area contributed by atoms with E-state index in [4.69, 9.17) is 4.74 Å². The maximum absolute atomic E-state index is 5.56. The van der Waals surface area contributed by atoms with Crippen LogP contribution in [0.4, 0.5) is 0 Å². The van der Waals surface area contributed by atoms with Crippen LogP contribution in [0.15, 0.2) is 4.99 Å². The molecule has 0 spiro atoms. The highest BCUT2D eigenvalue weighted by Crippen LogP contribution is 2.19. The Morgan fingerprint density at radius 3 is 2.18 bits per heavy atom. The number of ether oxygens (including phenoxy) is 1. The van der Waals surface area contributed by atoms with Crippen molar-refractivity contribution in [3.8, 4) is 0 Å². The number of rotatable bonds is 10. The van der Waals surface area contributed by atoms with Crippen molar-refractivity contribution in [2.24, 2.45) is 16.8 Å². The van der Waals surface area contributed by atoms with E-state index in [9.17, 15) is 0 Å². The van der Waals surface area contributed by atoms with E-state index in [0.717, 1.165) is 45.4 Å². The van der Waals surface area contributed by atoms with Crippen LogP contribution in [0.5, 0.6) is 0 Å². The maximum atomic E-state index is 5.56. The molecule has 2 saturated heterocycles. The number of morpholine rings is 1. The number of likely N-dealkylation sites (tertiary alicyclic amines) is 1. The number of halogens is 1. The fourth-order valence-electron chi connectivity index (χ4n) is 4.50. The van der Waals surface area contributed by atoms with E-state index in [-0.39, 0.29) is 24.0 Å². The molecule has 2 aliphatic rings. The first-order valence-electron chi connectivity index (χ1n) is 11.2. The number of hydrogen-bond acceptors (Lipinski definition) is 4. The Labute approximate surface area is 190 Å². The summed E-state index contributed by atoms with van der Waals surface area (Å²) < 4.78 is 5.56. The van der Waals surface area contributed by atoms with Crippen LogP contribution < -0.4 is 10.6 Å². The van der Waals surface area contributed by atoms with Crippen molar-refractivity contribution >= 4 is 29.9 Å². The quantitative estimate of drug-likeness (QED) is 0.270. The topological polar surface area (TPSA) is 52.1 Å². The molecule has 2 unspecified atom stereocenters. The van der Waals surface area contributed by atoms with E-state index in [2.05, 4.69) is 46.2 Å². The van der Waals surface area contributed by atoms with E-state index < -0.39 is 0 Å². The van der Waals surface area contributed by atoms with Crippen molar-refractivity contribution in [3.05, 3.63) is 0 Å². The van der Waals surface area contributed by atoms with Gasteiger partial charge in [-0.2, -0.15) is 0 Å². The number of nitrogens with one attached hydrogen (secondary N) is 2. The molecule has 166 valence electrons. The lowest BCUT2D eigenvalue weighted by Gasteiger charge is -2.39.